The van der Waals surface area contributed by atoms with E-state index < -0.39 is 120 Å². The third-order valence-corrected chi connectivity index (χ3v) is 8.67. The fourth-order valence-corrected chi connectivity index (χ4v) is 5.86. The zero-order valence-corrected chi connectivity index (χ0v) is 24.8. The standard InChI is InChI=1S/C20H31N3O21P2/c21-7(3-24)17(42-19(34)16(33)14(31)12(29)8(27)4-25)9(5-26)43-46(38,39)44-45(36,37)40-6-10-13(30)15(32)18(41-10)23-2-1-11(28)22-20(23)35/h1-2,5,7-10,12-15,17-18,24-25,27,29-32H,3-4,6,21H2,(H,36,37)(H,38,39)(H,22,28,35)/t7-,8+,9-,10-,12-,13-,14+,15-,17-,18-/m1/s1. The van der Waals surface area contributed by atoms with E-state index >= 15 is 0 Å². The average Bonchev–Trinajstić information content (AvgIpc) is 3.27. The molecule has 0 spiro atoms. The number of carbonyl (C=O) groups is 3. The monoisotopic (exact) mass is 711 g/mol. The lowest BCUT2D eigenvalue weighted by Gasteiger charge is -2.28. The van der Waals surface area contributed by atoms with Crippen LogP contribution < -0.4 is 17.0 Å². The number of nitrogens with two attached hydrogens (primary N) is 1. The van der Waals surface area contributed by atoms with Gasteiger partial charge in [0.25, 0.3) is 11.3 Å². The highest BCUT2D eigenvalue weighted by Crippen LogP contribution is 2.61. The van der Waals surface area contributed by atoms with Crippen molar-refractivity contribution in [3.8, 4) is 0 Å². The van der Waals surface area contributed by atoms with Gasteiger partial charge >= 0.3 is 27.3 Å². The number of aldehydes is 1. The second-order valence-electron chi connectivity index (χ2n) is 9.35. The van der Waals surface area contributed by atoms with Gasteiger partial charge < -0.3 is 65.5 Å². The summed E-state index contributed by atoms with van der Waals surface area (Å²) in [5.41, 5.74) is 3.64. The molecule has 1 saturated heterocycles. The van der Waals surface area contributed by atoms with E-state index in [1.54, 1.807) is 0 Å². The maximum atomic E-state index is 12.5. The number of hydrogen-bond donors (Lipinski definition) is 11. The van der Waals surface area contributed by atoms with Gasteiger partial charge in [-0.1, -0.05) is 0 Å². The summed E-state index contributed by atoms with van der Waals surface area (Å²) in [6, 6.07) is -1.01. The van der Waals surface area contributed by atoms with Crippen molar-refractivity contribution < 1.29 is 91.9 Å². The summed E-state index contributed by atoms with van der Waals surface area (Å²) in [5.74, 6) is -4.07. The van der Waals surface area contributed by atoms with Crippen LogP contribution >= 0.6 is 15.6 Å². The molecule has 0 aliphatic carbocycles. The van der Waals surface area contributed by atoms with Gasteiger partial charge in [0.15, 0.2) is 30.8 Å². The number of ketones is 1. The lowest BCUT2D eigenvalue weighted by atomic mass is 10.0. The topological polar surface area (TPSA) is 394 Å². The Morgan fingerprint density at radius 3 is 2.26 bits per heavy atom. The van der Waals surface area contributed by atoms with Crippen molar-refractivity contribution in [1.82, 2.24) is 9.55 Å². The van der Waals surface area contributed by atoms with E-state index in [-0.39, 0.29) is 6.29 Å². The number of phosphoric ester groups is 2. The molecule has 46 heavy (non-hydrogen) atoms. The molecule has 0 amide bonds. The van der Waals surface area contributed by atoms with Crippen LogP contribution in [-0.2, 0) is 46.3 Å². The lowest BCUT2D eigenvalue weighted by molar-refractivity contribution is -0.171. The Hall–Kier alpha value is -2.61. The zero-order valence-electron chi connectivity index (χ0n) is 23.0. The number of carbonyl (C=O) groups excluding carboxylic acids is 3. The van der Waals surface area contributed by atoms with Crippen molar-refractivity contribution in [2.24, 2.45) is 5.73 Å². The number of aromatic nitrogens is 2. The highest BCUT2D eigenvalue weighted by atomic mass is 31.3. The highest BCUT2D eigenvalue weighted by molar-refractivity contribution is 7.61. The second-order valence-corrected chi connectivity index (χ2v) is 12.3. The maximum absolute atomic E-state index is 12.5. The molecule has 262 valence electrons. The molecule has 12 N–H and O–H groups in total. The van der Waals surface area contributed by atoms with Gasteiger partial charge in [0.05, 0.1) is 25.9 Å². The van der Waals surface area contributed by atoms with Crippen LogP contribution in [0.3, 0.4) is 0 Å². The van der Waals surface area contributed by atoms with E-state index in [9.17, 15) is 73.5 Å². The number of ether oxygens (including phenoxy) is 2. The Morgan fingerprint density at radius 2 is 1.72 bits per heavy atom. The van der Waals surface area contributed by atoms with E-state index in [1.807, 2.05) is 4.98 Å². The molecule has 24 nitrogen and oxygen atoms in total. The molecule has 2 unspecified atom stereocenters. The number of H-pyrrole nitrogens is 1. The van der Waals surface area contributed by atoms with Crippen LogP contribution in [-0.4, -0.2) is 148 Å². The first-order valence-electron chi connectivity index (χ1n) is 12.5. The van der Waals surface area contributed by atoms with E-state index in [4.69, 9.17) is 15.6 Å². The largest absolute Gasteiger partial charge is 0.481 e. The van der Waals surface area contributed by atoms with E-state index in [2.05, 4.69) is 18.1 Å². The Balaban J connectivity index is 2.11. The van der Waals surface area contributed by atoms with Crippen LogP contribution in [0.25, 0.3) is 0 Å². The molecule has 1 aliphatic heterocycles. The van der Waals surface area contributed by atoms with Crippen LogP contribution in [0.1, 0.15) is 6.23 Å². The minimum Gasteiger partial charge on any atom is -0.452 e. The van der Waals surface area contributed by atoms with Gasteiger partial charge in [-0.15, -0.1) is 0 Å². The van der Waals surface area contributed by atoms with Crippen LogP contribution in [0.15, 0.2) is 21.9 Å². The third kappa shape index (κ3) is 10.2. The Morgan fingerprint density at radius 1 is 1.09 bits per heavy atom. The van der Waals surface area contributed by atoms with Crippen molar-refractivity contribution in [2.45, 2.75) is 61.1 Å². The first-order chi connectivity index (χ1) is 21.3. The average molecular weight is 711 g/mol. The quantitative estimate of drug-likeness (QED) is 0.0291. The van der Waals surface area contributed by atoms with Gasteiger partial charge in [-0.3, -0.25) is 28.2 Å². The minimum absolute atomic E-state index is 0.378. The predicted molar refractivity (Wildman–Crippen MR) is 140 cm³/mol. The molecule has 1 aliphatic rings. The Bertz CT molecular complexity index is 1440. The fourth-order valence-electron chi connectivity index (χ4n) is 3.66. The molecule has 0 bridgehead atoms. The molecule has 2 heterocycles. The molecular formula is C20H31N3O21P2. The number of aromatic amines is 1. The maximum Gasteiger partial charge on any atom is 0.481 e. The zero-order chi connectivity index (χ0) is 35.1. The van der Waals surface area contributed by atoms with Gasteiger partial charge in [-0.2, -0.15) is 4.31 Å². The van der Waals surface area contributed by atoms with Gasteiger partial charge in [0.2, 0.25) is 0 Å². The molecular weight excluding hydrogens is 680 g/mol. The van der Waals surface area contributed by atoms with Crippen molar-refractivity contribution in [1.29, 1.82) is 0 Å². The third-order valence-electron chi connectivity index (χ3n) is 6.03. The van der Waals surface area contributed by atoms with Crippen molar-refractivity contribution in [3.05, 3.63) is 33.1 Å². The molecule has 1 aromatic rings. The first-order valence-corrected chi connectivity index (χ1v) is 15.5. The van der Waals surface area contributed by atoms with Crippen LogP contribution in [0.5, 0.6) is 0 Å². The second kappa shape index (κ2) is 16.5. The normalized spacial score (nSPS) is 26.5. The number of nitrogens with one attached hydrogen (secondary N) is 1. The number of nitrogens with zero attached hydrogens (tertiary/aromatic N) is 1. The van der Waals surface area contributed by atoms with Crippen molar-refractivity contribution >= 4 is 33.7 Å². The molecule has 1 aromatic heterocycles. The number of aliphatic hydroxyl groups excluding tert-OH is 7. The molecule has 0 radical (unpaired) electrons. The highest BCUT2D eigenvalue weighted by Gasteiger charge is 2.47. The fraction of sp³-hybridized carbons (Fsp3) is 0.650. The van der Waals surface area contributed by atoms with Crippen LogP contribution in [0.4, 0.5) is 0 Å². The lowest BCUT2D eigenvalue weighted by Crippen LogP contribution is -2.52. The van der Waals surface area contributed by atoms with E-state index in [0.29, 0.717) is 4.57 Å². The van der Waals surface area contributed by atoms with Crippen molar-refractivity contribution in [2.75, 3.05) is 19.8 Å². The summed E-state index contributed by atoms with van der Waals surface area (Å²) in [6.07, 6.45) is -18.7. The van der Waals surface area contributed by atoms with Crippen LogP contribution in [0.2, 0.25) is 0 Å². The summed E-state index contributed by atoms with van der Waals surface area (Å²) < 4.78 is 48.2. The van der Waals surface area contributed by atoms with Gasteiger partial charge in [-0.05, 0) is 0 Å². The SMILES string of the molecule is N[C@H](CO)[C@@H](OC(=O)C(=O)[C@@H](O)[C@H](O)[C@@H](O)CO)[C@@H](C=O)OP(=O)(O)OP(=O)(O)OC[C@H]1O[C@@H](n2ccc(=O)[nH]c2=O)[C@H](O)[C@@H]1O. The smallest absolute Gasteiger partial charge is 0.452 e. The summed E-state index contributed by atoms with van der Waals surface area (Å²) in [6.45, 7) is -3.47. The molecule has 26 heteroatoms. The van der Waals surface area contributed by atoms with Crippen LogP contribution in [0, 0.1) is 0 Å². The number of Topliss-reactive ketones (excluding diaryl/α,β-unsaturated/α-hetero) is 1. The van der Waals surface area contributed by atoms with E-state index in [1.165, 1.54) is 0 Å². The number of aliphatic hydroxyl groups is 7. The predicted octanol–water partition coefficient (Wildman–Crippen LogP) is -7.15. The molecule has 12 atom stereocenters. The van der Waals surface area contributed by atoms with Crippen molar-refractivity contribution in [3.63, 3.8) is 0 Å². The van der Waals surface area contributed by atoms with Gasteiger partial charge in [-0.25, -0.2) is 18.7 Å². The molecule has 0 aromatic carbocycles. The Kier molecular flexibility index (Phi) is 14.2. The number of hydrogen-bond acceptors (Lipinski definition) is 20. The summed E-state index contributed by atoms with van der Waals surface area (Å²) in [5, 5.41) is 67.2. The van der Waals surface area contributed by atoms with E-state index in [0.717, 1.165) is 12.3 Å². The number of rotatable bonds is 18. The molecule has 2 rings (SSSR count). The molecule has 1 fully saturated rings. The summed E-state index contributed by atoms with van der Waals surface area (Å²) in [4.78, 5) is 80.9. The number of esters is 1. The first kappa shape index (κ1) is 39.6. The molecule has 0 saturated carbocycles. The van der Waals surface area contributed by atoms with Gasteiger partial charge in [0.1, 0.15) is 30.5 Å². The summed E-state index contributed by atoms with van der Waals surface area (Å²) in [7, 11) is -11.7. The Labute approximate surface area is 255 Å². The van der Waals surface area contributed by atoms with Gasteiger partial charge in [0, 0.05) is 12.3 Å². The number of phosphoric acid groups is 2. The minimum atomic E-state index is -5.93. The summed E-state index contributed by atoms with van der Waals surface area (Å²) >= 11 is 0.